The van der Waals surface area contributed by atoms with Gasteiger partial charge in [-0.25, -0.2) is 8.42 Å². The topological polar surface area (TPSA) is 80.7 Å². The maximum atomic E-state index is 13.5. The Balaban J connectivity index is 1.72. The molecular weight excluding hydrogens is 458 g/mol. The van der Waals surface area contributed by atoms with Crippen molar-refractivity contribution in [2.45, 2.75) is 39.3 Å². The van der Waals surface area contributed by atoms with E-state index in [0.717, 1.165) is 17.4 Å². The lowest BCUT2D eigenvalue weighted by Gasteiger charge is -2.26. The van der Waals surface area contributed by atoms with Gasteiger partial charge >= 0.3 is 0 Å². The number of furan rings is 2. The highest BCUT2D eigenvalue weighted by Crippen LogP contribution is 2.30. The van der Waals surface area contributed by atoms with Crippen LogP contribution < -0.4 is 0 Å². The number of carbonyl (C=O) groups is 1. The molecule has 6 nitrogen and oxygen atoms in total. The van der Waals surface area contributed by atoms with Gasteiger partial charge in [-0.15, -0.1) is 0 Å². The Bertz CT molecular complexity index is 1180. The van der Waals surface area contributed by atoms with Crippen LogP contribution in [0.3, 0.4) is 0 Å². The number of amides is 1. The molecule has 154 valence electrons. The highest BCUT2D eigenvalue weighted by molar-refractivity contribution is 9.10. The summed E-state index contributed by atoms with van der Waals surface area (Å²) in [4.78, 5) is 15.1. The van der Waals surface area contributed by atoms with Crippen molar-refractivity contribution < 1.29 is 22.0 Å². The minimum absolute atomic E-state index is 0.0418. The molecule has 1 aliphatic heterocycles. The Morgan fingerprint density at radius 3 is 2.66 bits per heavy atom. The molecule has 8 heteroatoms. The van der Waals surface area contributed by atoms with E-state index in [4.69, 9.17) is 8.83 Å². The molecular formula is C21H22BrNO5S. The molecule has 1 aromatic carbocycles. The van der Waals surface area contributed by atoms with Gasteiger partial charge in [0.15, 0.2) is 20.3 Å². The SMILES string of the molecule is CCc1ccc2oc(C(=O)N(Cc3ccc(Br)o3)[C@@H]3CCS(=O)(=O)C3)c(C)c2c1. The standard InChI is InChI=1S/C21H22BrNO5S/c1-3-14-4-6-18-17(10-14)13(2)20(28-18)21(24)23(11-16-5-7-19(22)27-16)15-8-9-29(25,26)12-15/h4-7,10,15H,3,8-9,11-12H2,1-2H3/t15-/m1/s1. The third-order valence-electron chi connectivity index (χ3n) is 5.47. The normalized spacial score (nSPS) is 18.4. The summed E-state index contributed by atoms with van der Waals surface area (Å²) < 4.78 is 36.1. The van der Waals surface area contributed by atoms with Crippen LogP contribution in [0.1, 0.15) is 40.8 Å². The summed E-state index contributed by atoms with van der Waals surface area (Å²) in [6.07, 6.45) is 1.30. The zero-order valence-electron chi connectivity index (χ0n) is 16.3. The van der Waals surface area contributed by atoms with E-state index in [-0.39, 0.29) is 29.7 Å². The van der Waals surface area contributed by atoms with Gasteiger partial charge in [0.1, 0.15) is 11.3 Å². The van der Waals surface area contributed by atoms with Crippen LogP contribution in [0, 0.1) is 6.92 Å². The third-order valence-corrected chi connectivity index (χ3v) is 7.64. The molecule has 29 heavy (non-hydrogen) atoms. The van der Waals surface area contributed by atoms with Crippen molar-refractivity contribution in [2.24, 2.45) is 0 Å². The first-order valence-electron chi connectivity index (χ1n) is 9.55. The molecule has 3 aromatic rings. The molecule has 0 N–H and O–H groups in total. The summed E-state index contributed by atoms with van der Waals surface area (Å²) in [5.41, 5.74) is 2.59. The van der Waals surface area contributed by atoms with Gasteiger partial charge in [0, 0.05) is 17.0 Å². The number of benzene rings is 1. The minimum Gasteiger partial charge on any atom is -0.452 e. The van der Waals surface area contributed by atoms with Crippen LogP contribution in [-0.2, 0) is 22.8 Å². The molecule has 1 atom stereocenters. The zero-order valence-corrected chi connectivity index (χ0v) is 18.7. The molecule has 0 radical (unpaired) electrons. The van der Waals surface area contributed by atoms with Crippen LogP contribution in [0.4, 0.5) is 0 Å². The zero-order chi connectivity index (χ0) is 20.8. The van der Waals surface area contributed by atoms with Gasteiger partial charge in [-0.1, -0.05) is 13.0 Å². The van der Waals surface area contributed by atoms with Gasteiger partial charge in [-0.2, -0.15) is 0 Å². The minimum atomic E-state index is -3.15. The van der Waals surface area contributed by atoms with Crippen molar-refractivity contribution >= 4 is 42.6 Å². The Kier molecular flexibility index (Phi) is 5.33. The Morgan fingerprint density at radius 1 is 1.24 bits per heavy atom. The molecule has 4 rings (SSSR count). The monoisotopic (exact) mass is 479 g/mol. The summed E-state index contributed by atoms with van der Waals surface area (Å²) >= 11 is 3.27. The molecule has 3 heterocycles. The number of halogens is 1. The predicted octanol–water partition coefficient (Wildman–Crippen LogP) is 4.49. The van der Waals surface area contributed by atoms with Crippen LogP contribution in [-0.4, -0.2) is 36.8 Å². The van der Waals surface area contributed by atoms with Crippen LogP contribution >= 0.6 is 15.9 Å². The summed E-state index contributed by atoms with van der Waals surface area (Å²) in [6.45, 7) is 4.12. The van der Waals surface area contributed by atoms with Gasteiger partial charge < -0.3 is 13.7 Å². The fraction of sp³-hybridized carbons (Fsp3) is 0.381. The molecule has 0 aliphatic carbocycles. The number of sulfone groups is 1. The smallest absolute Gasteiger partial charge is 0.290 e. The fourth-order valence-corrected chi connectivity index (χ4v) is 5.89. The van der Waals surface area contributed by atoms with Gasteiger partial charge in [0.25, 0.3) is 5.91 Å². The molecule has 0 spiro atoms. The quantitative estimate of drug-likeness (QED) is 0.538. The number of fused-ring (bicyclic) bond motifs is 1. The summed E-state index contributed by atoms with van der Waals surface area (Å²) in [7, 11) is -3.15. The van der Waals surface area contributed by atoms with Crippen LogP contribution in [0.2, 0.25) is 0 Å². The Morgan fingerprint density at radius 2 is 2.03 bits per heavy atom. The number of hydrogen-bond acceptors (Lipinski definition) is 5. The van der Waals surface area contributed by atoms with Gasteiger partial charge in [-0.3, -0.25) is 4.79 Å². The number of carbonyl (C=O) groups excluding carboxylic acids is 1. The second-order valence-corrected chi connectivity index (χ2v) is 10.4. The van der Waals surface area contributed by atoms with Crippen molar-refractivity contribution in [3.8, 4) is 0 Å². The van der Waals surface area contributed by atoms with Gasteiger partial charge in [-0.05, 0) is 65.5 Å². The van der Waals surface area contributed by atoms with E-state index in [1.54, 1.807) is 17.0 Å². The van der Waals surface area contributed by atoms with E-state index >= 15 is 0 Å². The molecule has 0 bridgehead atoms. The lowest BCUT2D eigenvalue weighted by Crippen LogP contribution is -2.40. The maximum Gasteiger partial charge on any atom is 0.290 e. The molecule has 0 unspecified atom stereocenters. The van der Waals surface area contributed by atoms with Gasteiger partial charge in [0.2, 0.25) is 0 Å². The molecule has 1 saturated heterocycles. The first-order chi connectivity index (χ1) is 13.8. The van der Waals surface area contributed by atoms with E-state index < -0.39 is 15.9 Å². The molecule has 0 saturated carbocycles. The summed E-state index contributed by atoms with van der Waals surface area (Å²) in [6, 6.07) is 9.02. The number of nitrogens with zero attached hydrogens (tertiary/aromatic N) is 1. The van der Waals surface area contributed by atoms with Crippen LogP contribution in [0.25, 0.3) is 11.0 Å². The molecule has 2 aromatic heterocycles. The second-order valence-electron chi connectivity index (χ2n) is 7.44. The average molecular weight is 480 g/mol. The number of rotatable bonds is 5. The lowest BCUT2D eigenvalue weighted by atomic mass is 10.1. The molecule has 1 amide bonds. The third kappa shape index (κ3) is 4.00. The van der Waals surface area contributed by atoms with E-state index in [0.29, 0.717) is 22.4 Å². The Labute approximate surface area is 177 Å². The first-order valence-corrected chi connectivity index (χ1v) is 12.2. The van der Waals surface area contributed by atoms with E-state index in [1.807, 2.05) is 25.1 Å². The fourth-order valence-electron chi connectivity index (χ4n) is 3.81. The van der Waals surface area contributed by atoms with Crippen molar-refractivity contribution in [3.63, 3.8) is 0 Å². The lowest BCUT2D eigenvalue weighted by molar-refractivity contribution is 0.0634. The van der Waals surface area contributed by atoms with E-state index in [2.05, 4.69) is 22.9 Å². The number of hydrogen-bond donors (Lipinski definition) is 0. The highest BCUT2D eigenvalue weighted by atomic mass is 79.9. The Hall–Kier alpha value is -2.06. The predicted molar refractivity (Wildman–Crippen MR) is 114 cm³/mol. The largest absolute Gasteiger partial charge is 0.452 e. The van der Waals surface area contributed by atoms with E-state index in [1.165, 1.54) is 5.56 Å². The molecule has 1 aliphatic rings. The highest BCUT2D eigenvalue weighted by Gasteiger charge is 2.37. The maximum absolute atomic E-state index is 13.5. The number of aryl methyl sites for hydroxylation is 2. The second kappa shape index (κ2) is 7.65. The molecule has 1 fully saturated rings. The first kappa shape index (κ1) is 20.2. The van der Waals surface area contributed by atoms with Crippen LogP contribution in [0.5, 0.6) is 0 Å². The van der Waals surface area contributed by atoms with Crippen molar-refractivity contribution in [1.29, 1.82) is 0 Å². The van der Waals surface area contributed by atoms with Crippen molar-refractivity contribution in [3.05, 3.63) is 57.6 Å². The van der Waals surface area contributed by atoms with Gasteiger partial charge in [0.05, 0.1) is 18.1 Å². The average Bonchev–Trinajstić information content (AvgIpc) is 3.36. The summed E-state index contributed by atoms with van der Waals surface area (Å²) in [5.74, 6) is 0.563. The van der Waals surface area contributed by atoms with E-state index in [9.17, 15) is 13.2 Å². The van der Waals surface area contributed by atoms with Crippen molar-refractivity contribution in [2.75, 3.05) is 11.5 Å². The van der Waals surface area contributed by atoms with Crippen LogP contribution in [0.15, 0.2) is 43.8 Å². The summed E-state index contributed by atoms with van der Waals surface area (Å²) in [5, 5.41) is 0.910. The van der Waals surface area contributed by atoms with Crippen molar-refractivity contribution in [1.82, 2.24) is 4.90 Å².